The van der Waals surface area contributed by atoms with Gasteiger partial charge in [0.05, 0.1) is 11.4 Å². The molecule has 0 unspecified atom stereocenters. The van der Waals surface area contributed by atoms with Gasteiger partial charge in [-0.2, -0.15) is 5.10 Å². The molecule has 4 aromatic rings. The Morgan fingerprint density at radius 3 is 2.60 bits per heavy atom. The fraction of sp³-hybridized carbons (Fsp3) is 0.242. The maximum Gasteiger partial charge on any atom is 0.229 e. The van der Waals surface area contributed by atoms with E-state index in [4.69, 9.17) is 4.99 Å². The molecule has 1 saturated heterocycles. The van der Waals surface area contributed by atoms with Crippen molar-refractivity contribution >= 4 is 45.7 Å². The molecule has 6 rings (SSSR count). The topological polar surface area (TPSA) is 87.8 Å². The Bertz CT molecular complexity index is 1640. The first-order valence-corrected chi connectivity index (χ1v) is 15.0. The Labute approximate surface area is 249 Å². The number of thiazole rings is 1. The number of aromatic nitrogens is 3. The first-order valence-electron chi connectivity index (χ1n) is 14.1. The zero-order chi connectivity index (χ0) is 28.9. The molecule has 9 heteroatoms. The SMILES string of the molecule is C=C1C=Nc2cc(C)nn2CN=C(c2ccc(CN3CCC(C(=O)Nc4nccs4)CC3)cc2)C(c2ccccc2)=C1. The minimum absolute atomic E-state index is 0.0280. The Balaban J connectivity index is 1.19. The van der Waals surface area contributed by atoms with Crippen LogP contribution in [-0.4, -0.2) is 50.6 Å². The summed E-state index contributed by atoms with van der Waals surface area (Å²) in [5, 5.41) is 10.1. The van der Waals surface area contributed by atoms with E-state index in [1.165, 1.54) is 16.9 Å². The van der Waals surface area contributed by atoms with Crippen molar-refractivity contribution in [3.63, 3.8) is 0 Å². The highest BCUT2D eigenvalue weighted by atomic mass is 32.1. The van der Waals surface area contributed by atoms with Crippen molar-refractivity contribution in [3.8, 4) is 0 Å². The number of nitrogens with one attached hydrogen (secondary N) is 1. The van der Waals surface area contributed by atoms with Crippen LogP contribution in [0.4, 0.5) is 10.9 Å². The van der Waals surface area contributed by atoms with Crippen molar-refractivity contribution in [2.45, 2.75) is 33.0 Å². The number of amides is 1. The van der Waals surface area contributed by atoms with E-state index >= 15 is 0 Å². The van der Waals surface area contributed by atoms with Crippen LogP contribution in [0.5, 0.6) is 0 Å². The number of carbonyl (C=O) groups is 1. The van der Waals surface area contributed by atoms with Crippen LogP contribution in [-0.2, 0) is 18.0 Å². The largest absolute Gasteiger partial charge is 0.302 e. The highest BCUT2D eigenvalue weighted by molar-refractivity contribution is 7.13. The predicted molar refractivity (Wildman–Crippen MR) is 170 cm³/mol. The quantitative estimate of drug-likeness (QED) is 0.292. The van der Waals surface area contributed by atoms with Crippen LogP contribution < -0.4 is 5.32 Å². The first kappa shape index (κ1) is 27.7. The number of rotatable bonds is 6. The summed E-state index contributed by atoms with van der Waals surface area (Å²) in [6.07, 6.45) is 7.24. The van der Waals surface area contributed by atoms with Gasteiger partial charge in [-0.25, -0.2) is 14.7 Å². The van der Waals surface area contributed by atoms with Crippen LogP contribution in [0.15, 0.2) is 100 Å². The normalized spacial score (nSPS) is 16.5. The van der Waals surface area contributed by atoms with Gasteiger partial charge in [0.15, 0.2) is 10.9 Å². The number of aliphatic imine (C=N–C) groups is 2. The molecule has 212 valence electrons. The van der Waals surface area contributed by atoms with E-state index in [0.717, 1.165) is 72.0 Å². The fourth-order valence-corrected chi connectivity index (χ4v) is 5.89. The Kier molecular flexibility index (Phi) is 8.30. The highest BCUT2D eigenvalue weighted by Gasteiger charge is 2.25. The molecule has 1 amide bonds. The number of hydrogen-bond donors (Lipinski definition) is 1. The summed E-state index contributed by atoms with van der Waals surface area (Å²) in [6.45, 7) is 9.19. The van der Waals surface area contributed by atoms with Crippen molar-refractivity contribution in [2.24, 2.45) is 15.9 Å². The fourth-order valence-electron chi connectivity index (χ4n) is 5.36. The van der Waals surface area contributed by atoms with Crippen LogP contribution in [0, 0.1) is 12.8 Å². The Morgan fingerprint density at radius 2 is 1.86 bits per heavy atom. The Hall–Kier alpha value is -4.47. The van der Waals surface area contributed by atoms with E-state index < -0.39 is 0 Å². The third kappa shape index (κ3) is 6.53. The van der Waals surface area contributed by atoms with E-state index in [-0.39, 0.29) is 11.8 Å². The molecule has 4 heterocycles. The third-order valence-electron chi connectivity index (χ3n) is 7.53. The number of fused-ring (bicyclic) bond motifs is 1. The molecule has 2 aliphatic heterocycles. The lowest BCUT2D eigenvalue weighted by Gasteiger charge is -2.31. The summed E-state index contributed by atoms with van der Waals surface area (Å²) in [5.41, 5.74) is 6.89. The molecule has 0 bridgehead atoms. The average Bonchev–Trinajstić information content (AvgIpc) is 3.66. The molecule has 0 spiro atoms. The molecule has 0 radical (unpaired) electrons. The highest BCUT2D eigenvalue weighted by Crippen LogP contribution is 2.26. The van der Waals surface area contributed by atoms with Crippen LogP contribution in [0.3, 0.4) is 0 Å². The van der Waals surface area contributed by atoms with Gasteiger partial charge in [0.2, 0.25) is 5.91 Å². The van der Waals surface area contributed by atoms with E-state index in [0.29, 0.717) is 11.8 Å². The third-order valence-corrected chi connectivity index (χ3v) is 8.22. The number of aryl methyl sites for hydroxylation is 1. The predicted octanol–water partition coefficient (Wildman–Crippen LogP) is 6.30. The number of carbonyl (C=O) groups excluding carboxylic acids is 1. The van der Waals surface area contributed by atoms with Crippen LogP contribution in [0.2, 0.25) is 0 Å². The zero-order valence-corrected chi connectivity index (χ0v) is 24.4. The summed E-state index contributed by atoms with van der Waals surface area (Å²) in [4.78, 5) is 28.9. The van der Waals surface area contributed by atoms with Crippen molar-refractivity contribution < 1.29 is 4.79 Å². The van der Waals surface area contributed by atoms with Crippen LogP contribution >= 0.6 is 11.3 Å². The van der Waals surface area contributed by atoms with Crippen molar-refractivity contribution in [1.29, 1.82) is 0 Å². The van der Waals surface area contributed by atoms with Gasteiger partial charge in [0.1, 0.15) is 6.67 Å². The monoisotopic (exact) mass is 575 g/mol. The second kappa shape index (κ2) is 12.6. The second-order valence-corrected chi connectivity index (χ2v) is 11.5. The lowest BCUT2D eigenvalue weighted by Crippen LogP contribution is -2.37. The van der Waals surface area contributed by atoms with Crippen LogP contribution in [0.1, 0.15) is 35.2 Å². The van der Waals surface area contributed by atoms with Gasteiger partial charge in [0, 0.05) is 47.5 Å². The lowest BCUT2D eigenvalue weighted by molar-refractivity contribution is -0.121. The molecule has 2 aromatic carbocycles. The number of likely N-dealkylation sites (tertiary alicyclic amines) is 1. The summed E-state index contributed by atoms with van der Waals surface area (Å²) >= 11 is 1.45. The summed E-state index contributed by atoms with van der Waals surface area (Å²) in [6, 6.07) is 20.9. The van der Waals surface area contributed by atoms with Crippen molar-refractivity contribution in [2.75, 3.05) is 18.4 Å². The van der Waals surface area contributed by atoms with Gasteiger partial charge >= 0.3 is 0 Å². The maximum atomic E-state index is 12.6. The summed E-state index contributed by atoms with van der Waals surface area (Å²) in [5.74, 6) is 0.863. The average molecular weight is 576 g/mol. The lowest BCUT2D eigenvalue weighted by atomic mass is 9.93. The number of piperidine rings is 1. The summed E-state index contributed by atoms with van der Waals surface area (Å²) < 4.78 is 1.82. The van der Waals surface area contributed by atoms with E-state index in [1.807, 2.05) is 41.3 Å². The van der Waals surface area contributed by atoms with Gasteiger partial charge in [-0.3, -0.25) is 14.7 Å². The van der Waals surface area contributed by atoms with Crippen LogP contribution in [0.25, 0.3) is 5.57 Å². The molecular weight excluding hydrogens is 542 g/mol. The molecule has 8 nitrogen and oxygen atoms in total. The first-order chi connectivity index (χ1) is 20.5. The number of benzene rings is 2. The standard InChI is InChI=1S/C33H33N7OS/c1-23-18-29(26-6-4-3-5-7-26)31(36-22-40-30(35-20-23)19-24(2)38-40)27-10-8-25(9-11-27)21-39-15-12-28(13-16-39)32(41)37-33-34-14-17-42-33/h3-11,14,17-20,28H,1,12-13,15-16,21-22H2,2H3,(H,34,37,41). The number of anilines is 1. The van der Waals surface area contributed by atoms with E-state index in [1.54, 1.807) is 12.4 Å². The van der Waals surface area contributed by atoms with Gasteiger partial charge in [-0.15, -0.1) is 11.3 Å². The van der Waals surface area contributed by atoms with E-state index in [9.17, 15) is 4.79 Å². The molecular formula is C33H33N7OS. The molecule has 1 fully saturated rings. The van der Waals surface area contributed by atoms with Gasteiger partial charge in [-0.1, -0.05) is 61.2 Å². The van der Waals surface area contributed by atoms with Gasteiger partial charge < -0.3 is 5.32 Å². The molecule has 1 N–H and O–H groups in total. The Morgan fingerprint density at radius 1 is 1.07 bits per heavy atom. The maximum absolute atomic E-state index is 12.6. The zero-order valence-electron chi connectivity index (χ0n) is 23.6. The molecule has 0 atom stereocenters. The van der Waals surface area contributed by atoms with Gasteiger partial charge in [0.25, 0.3) is 0 Å². The minimum atomic E-state index is 0.0280. The van der Waals surface area contributed by atoms with Crippen molar-refractivity contribution in [1.82, 2.24) is 19.7 Å². The molecule has 0 saturated carbocycles. The van der Waals surface area contributed by atoms with E-state index in [2.05, 4.69) is 74.3 Å². The summed E-state index contributed by atoms with van der Waals surface area (Å²) in [7, 11) is 0. The van der Waals surface area contributed by atoms with Gasteiger partial charge in [-0.05, 0) is 55.6 Å². The van der Waals surface area contributed by atoms with Crippen molar-refractivity contribution in [3.05, 3.63) is 113 Å². The molecule has 42 heavy (non-hydrogen) atoms. The molecule has 2 aromatic heterocycles. The number of nitrogens with zero attached hydrogens (tertiary/aromatic N) is 6. The number of hydrogen-bond acceptors (Lipinski definition) is 7. The molecule has 2 aliphatic rings. The minimum Gasteiger partial charge on any atom is -0.302 e. The second-order valence-electron chi connectivity index (χ2n) is 10.6. The smallest absolute Gasteiger partial charge is 0.229 e. The number of allylic oxidation sites excluding steroid dienone is 3. The molecule has 0 aliphatic carbocycles.